The van der Waals surface area contributed by atoms with Gasteiger partial charge in [-0.15, -0.1) is 0 Å². The number of ether oxygens (including phenoxy) is 1. The molecule has 0 amide bonds. The molecule has 0 atom stereocenters. The highest BCUT2D eigenvalue weighted by Gasteiger charge is 2.21. The molecule has 0 fully saturated rings. The highest BCUT2D eigenvalue weighted by Crippen LogP contribution is 2.16. The Bertz CT molecular complexity index is 471. The summed E-state index contributed by atoms with van der Waals surface area (Å²) in [6.07, 6.45) is 0. The van der Waals surface area contributed by atoms with Gasteiger partial charge in [-0.05, 0) is 38.1 Å². The Morgan fingerprint density at radius 1 is 1.28 bits per heavy atom. The summed E-state index contributed by atoms with van der Waals surface area (Å²) in [4.78, 5) is 0. The Hall–Kier alpha value is -0.590. The van der Waals surface area contributed by atoms with E-state index in [1.54, 1.807) is 20.9 Å². The van der Waals surface area contributed by atoms with Gasteiger partial charge in [-0.2, -0.15) is 0 Å². The minimum atomic E-state index is -3.19. The first-order chi connectivity index (χ1) is 8.34. The van der Waals surface area contributed by atoms with Gasteiger partial charge in [-0.25, -0.2) is 12.7 Å². The van der Waals surface area contributed by atoms with Crippen molar-refractivity contribution in [2.75, 3.05) is 20.2 Å². The van der Waals surface area contributed by atoms with Gasteiger partial charge in [-0.1, -0.05) is 15.9 Å². The second kappa shape index (κ2) is 6.54. The fourth-order valence-corrected chi connectivity index (χ4v) is 2.62. The van der Waals surface area contributed by atoms with Crippen molar-refractivity contribution < 1.29 is 13.2 Å². The normalized spacial score (nSPS) is 12.1. The van der Waals surface area contributed by atoms with Crippen LogP contribution in [0.1, 0.15) is 13.8 Å². The predicted molar refractivity (Wildman–Crippen MR) is 76.3 cm³/mol. The van der Waals surface area contributed by atoms with E-state index in [1.165, 1.54) is 4.31 Å². The molecule has 0 radical (unpaired) electrons. The van der Waals surface area contributed by atoms with Gasteiger partial charge in [0, 0.05) is 18.1 Å². The first-order valence-corrected chi connectivity index (χ1v) is 7.97. The Morgan fingerprint density at radius 3 is 2.33 bits per heavy atom. The zero-order chi connectivity index (χ0) is 13.8. The van der Waals surface area contributed by atoms with Crippen LogP contribution in [0, 0.1) is 0 Å². The van der Waals surface area contributed by atoms with Crippen molar-refractivity contribution >= 4 is 26.0 Å². The van der Waals surface area contributed by atoms with Crippen LogP contribution in [-0.2, 0) is 10.0 Å². The molecular weight excluding hydrogens is 318 g/mol. The molecule has 0 saturated heterocycles. The van der Waals surface area contributed by atoms with Crippen molar-refractivity contribution in [1.82, 2.24) is 4.31 Å². The van der Waals surface area contributed by atoms with Crippen LogP contribution >= 0.6 is 15.9 Å². The van der Waals surface area contributed by atoms with E-state index in [2.05, 4.69) is 15.9 Å². The highest BCUT2D eigenvalue weighted by molar-refractivity contribution is 9.10. The van der Waals surface area contributed by atoms with Crippen molar-refractivity contribution in [1.29, 1.82) is 0 Å². The van der Waals surface area contributed by atoms with E-state index in [9.17, 15) is 8.42 Å². The molecule has 0 aromatic heterocycles. The van der Waals surface area contributed by atoms with Gasteiger partial charge < -0.3 is 4.74 Å². The lowest BCUT2D eigenvalue weighted by molar-refractivity contribution is 0.286. The van der Waals surface area contributed by atoms with E-state index in [0.717, 1.165) is 10.2 Å². The third-order valence-corrected chi connectivity index (χ3v) is 5.29. The van der Waals surface area contributed by atoms with Crippen molar-refractivity contribution in [3.8, 4) is 5.75 Å². The van der Waals surface area contributed by atoms with E-state index in [-0.39, 0.29) is 0 Å². The second-order valence-electron chi connectivity index (χ2n) is 4.22. The number of hydrogen-bond donors (Lipinski definition) is 0. The molecule has 1 rings (SSSR count). The lowest BCUT2D eigenvalue weighted by Crippen LogP contribution is -2.35. The lowest BCUT2D eigenvalue weighted by atomic mass is 10.3. The molecule has 0 spiro atoms. The van der Waals surface area contributed by atoms with Crippen molar-refractivity contribution in [3.05, 3.63) is 28.7 Å². The smallest absolute Gasteiger partial charge is 0.216 e. The van der Waals surface area contributed by atoms with Crippen molar-refractivity contribution in [2.24, 2.45) is 0 Å². The summed E-state index contributed by atoms with van der Waals surface area (Å²) >= 11 is 3.34. The zero-order valence-electron chi connectivity index (χ0n) is 10.8. The molecule has 0 N–H and O–H groups in total. The number of benzene rings is 1. The van der Waals surface area contributed by atoms with E-state index in [0.29, 0.717) is 13.2 Å². The number of nitrogens with zero attached hydrogens (tertiary/aromatic N) is 1. The average molecular weight is 336 g/mol. The summed E-state index contributed by atoms with van der Waals surface area (Å²) < 4.78 is 31.4. The maximum atomic E-state index is 11.8. The van der Waals surface area contributed by atoms with Crippen molar-refractivity contribution in [3.63, 3.8) is 0 Å². The summed E-state index contributed by atoms with van der Waals surface area (Å²) in [6, 6.07) is 7.43. The van der Waals surface area contributed by atoms with E-state index < -0.39 is 15.3 Å². The molecular formula is C12H18BrNO3S. The first kappa shape index (κ1) is 15.5. The van der Waals surface area contributed by atoms with Gasteiger partial charge in [-0.3, -0.25) is 0 Å². The minimum Gasteiger partial charge on any atom is -0.492 e. The topological polar surface area (TPSA) is 46.6 Å². The number of likely N-dealkylation sites (N-methyl/N-ethyl adjacent to an activating group) is 1. The Balaban J connectivity index is 2.45. The van der Waals surface area contributed by atoms with Crippen LogP contribution in [0.5, 0.6) is 5.75 Å². The molecule has 0 heterocycles. The monoisotopic (exact) mass is 335 g/mol. The molecule has 0 unspecified atom stereocenters. The maximum Gasteiger partial charge on any atom is 0.216 e. The number of sulfonamides is 1. The molecule has 1 aromatic rings. The van der Waals surface area contributed by atoms with E-state index in [4.69, 9.17) is 4.74 Å². The zero-order valence-corrected chi connectivity index (χ0v) is 13.2. The van der Waals surface area contributed by atoms with Crippen LogP contribution < -0.4 is 4.74 Å². The Kier molecular flexibility index (Phi) is 5.62. The van der Waals surface area contributed by atoms with Gasteiger partial charge in [0.2, 0.25) is 10.0 Å². The van der Waals surface area contributed by atoms with Gasteiger partial charge >= 0.3 is 0 Å². The largest absolute Gasteiger partial charge is 0.492 e. The second-order valence-corrected chi connectivity index (χ2v) is 7.73. The minimum absolute atomic E-state index is 0.337. The fraction of sp³-hybridized carbons (Fsp3) is 0.500. The lowest BCUT2D eigenvalue weighted by Gasteiger charge is -2.19. The quantitative estimate of drug-likeness (QED) is 0.802. The van der Waals surface area contributed by atoms with Crippen LogP contribution in [0.25, 0.3) is 0 Å². The van der Waals surface area contributed by atoms with Gasteiger partial charge in [0.05, 0.1) is 5.25 Å². The van der Waals surface area contributed by atoms with E-state index in [1.807, 2.05) is 24.3 Å². The third kappa shape index (κ3) is 4.26. The Labute approximate surface area is 117 Å². The SMILES string of the molecule is CC(C)S(=O)(=O)N(C)CCOc1ccc(Br)cc1. The van der Waals surface area contributed by atoms with Gasteiger partial charge in [0.15, 0.2) is 0 Å². The third-order valence-electron chi connectivity index (χ3n) is 2.52. The Morgan fingerprint density at radius 2 is 1.83 bits per heavy atom. The van der Waals surface area contributed by atoms with Crippen LogP contribution in [0.4, 0.5) is 0 Å². The van der Waals surface area contributed by atoms with Crippen LogP contribution in [0.3, 0.4) is 0 Å². The van der Waals surface area contributed by atoms with Crippen LogP contribution in [-0.4, -0.2) is 38.2 Å². The molecule has 0 saturated carbocycles. The summed E-state index contributed by atoms with van der Waals surface area (Å²) in [5.74, 6) is 0.730. The molecule has 1 aromatic carbocycles. The molecule has 4 nitrogen and oxygen atoms in total. The van der Waals surface area contributed by atoms with Crippen molar-refractivity contribution in [2.45, 2.75) is 19.1 Å². The van der Waals surface area contributed by atoms with E-state index >= 15 is 0 Å². The molecule has 0 aliphatic heterocycles. The first-order valence-electron chi connectivity index (χ1n) is 5.67. The van der Waals surface area contributed by atoms with Gasteiger partial charge in [0.25, 0.3) is 0 Å². The number of halogens is 1. The summed E-state index contributed by atoms with van der Waals surface area (Å²) in [5.41, 5.74) is 0. The molecule has 0 bridgehead atoms. The molecule has 18 heavy (non-hydrogen) atoms. The highest BCUT2D eigenvalue weighted by atomic mass is 79.9. The standard InChI is InChI=1S/C12H18BrNO3S/c1-10(2)18(15,16)14(3)8-9-17-12-6-4-11(13)5-7-12/h4-7,10H,8-9H2,1-3H3. The summed E-state index contributed by atoms with van der Waals surface area (Å²) in [5, 5.41) is -0.407. The number of hydrogen-bond acceptors (Lipinski definition) is 3. The van der Waals surface area contributed by atoms with Gasteiger partial charge in [0.1, 0.15) is 12.4 Å². The maximum absolute atomic E-state index is 11.8. The van der Waals surface area contributed by atoms with Crippen LogP contribution in [0.15, 0.2) is 28.7 Å². The molecule has 102 valence electrons. The molecule has 0 aliphatic rings. The number of rotatable bonds is 6. The fourth-order valence-electron chi connectivity index (χ4n) is 1.31. The summed E-state index contributed by atoms with van der Waals surface area (Å²) in [6.45, 7) is 4.02. The average Bonchev–Trinajstić information content (AvgIpc) is 2.31. The molecule has 0 aliphatic carbocycles. The van der Waals surface area contributed by atoms with Crippen LogP contribution in [0.2, 0.25) is 0 Å². The molecule has 6 heteroatoms. The summed E-state index contributed by atoms with van der Waals surface area (Å²) in [7, 11) is -1.62. The predicted octanol–water partition coefficient (Wildman–Crippen LogP) is 2.50.